The van der Waals surface area contributed by atoms with E-state index in [0.717, 1.165) is 5.69 Å². The van der Waals surface area contributed by atoms with E-state index in [1.807, 2.05) is 30.3 Å². The first kappa shape index (κ1) is 17.6. The lowest BCUT2D eigenvalue weighted by molar-refractivity contribution is -0.142. The molecule has 3 rings (SSSR count). The molecule has 25 heavy (non-hydrogen) atoms. The van der Waals surface area contributed by atoms with Gasteiger partial charge in [-0.1, -0.05) is 18.2 Å². The molecule has 0 saturated carbocycles. The third kappa shape index (κ3) is 3.19. The quantitative estimate of drug-likeness (QED) is 0.897. The fraction of sp³-hybridized carbons (Fsp3) is 0.412. The summed E-state index contributed by atoms with van der Waals surface area (Å²) in [4.78, 5) is 11.3. The summed E-state index contributed by atoms with van der Waals surface area (Å²) < 4.78 is 29.2. The summed E-state index contributed by atoms with van der Waals surface area (Å²) in [6.07, 6.45) is 0.666. The molecule has 0 aliphatic carbocycles. The monoisotopic (exact) mass is 363 g/mol. The van der Waals surface area contributed by atoms with Gasteiger partial charge in [-0.3, -0.25) is 4.79 Å². The topological polar surface area (TPSA) is 92.5 Å². The number of hydrogen-bond donors (Lipinski definition) is 1. The summed E-state index contributed by atoms with van der Waals surface area (Å²) >= 11 is 0. The number of benzene rings is 1. The van der Waals surface area contributed by atoms with Crippen LogP contribution >= 0.6 is 0 Å². The highest BCUT2D eigenvalue weighted by Crippen LogP contribution is 2.29. The van der Waals surface area contributed by atoms with Gasteiger partial charge in [0.15, 0.2) is 0 Å². The smallest absolute Gasteiger partial charge is 0.306 e. The van der Waals surface area contributed by atoms with Crippen molar-refractivity contribution in [3.8, 4) is 5.69 Å². The normalized spacial score (nSPS) is 16.9. The number of aliphatic carboxylic acids is 1. The number of carboxylic acid groups (broad SMARTS) is 1. The molecule has 1 saturated heterocycles. The molecule has 2 aromatic rings. The summed E-state index contributed by atoms with van der Waals surface area (Å²) in [5.41, 5.74) is 1.81. The molecular weight excluding hydrogens is 342 g/mol. The van der Waals surface area contributed by atoms with E-state index in [1.54, 1.807) is 18.5 Å². The number of sulfonamides is 1. The van der Waals surface area contributed by atoms with Crippen molar-refractivity contribution in [2.24, 2.45) is 5.92 Å². The summed E-state index contributed by atoms with van der Waals surface area (Å²) in [6.45, 7) is 3.86. The highest BCUT2D eigenvalue weighted by atomic mass is 32.2. The minimum absolute atomic E-state index is 0.213. The second kappa shape index (κ2) is 6.61. The molecule has 1 aliphatic rings. The average Bonchev–Trinajstić information content (AvgIpc) is 2.90. The lowest BCUT2D eigenvalue weighted by atomic mass is 9.99. The molecule has 0 radical (unpaired) electrons. The highest BCUT2D eigenvalue weighted by molar-refractivity contribution is 7.89. The summed E-state index contributed by atoms with van der Waals surface area (Å²) in [6, 6.07) is 9.37. The number of rotatable bonds is 4. The number of para-hydroxylation sites is 1. The predicted molar refractivity (Wildman–Crippen MR) is 92.2 cm³/mol. The number of aryl methyl sites for hydroxylation is 1. The van der Waals surface area contributed by atoms with Crippen LogP contribution in [0.5, 0.6) is 0 Å². The van der Waals surface area contributed by atoms with Gasteiger partial charge < -0.3 is 5.11 Å². The Morgan fingerprint density at radius 3 is 2.32 bits per heavy atom. The number of hydrogen-bond acceptors (Lipinski definition) is 4. The zero-order valence-corrected chi connectivity index (χ0v) is 15.0. The maximum Gasteiger partial charge on any atom is 0.306 e. The van der Waals surface area contributed by atoms with E-state index in [0.29, 0.717) is 24.2 Å². The van der Waals surface area contributed by atoms with Crippen LogP contribution in [-0.4, -0.2) is 46.7 Å². The molecule has 0 bridgehead atoms. The number of piperidine rings is 1. The molecule has 1 aliphatic heterocycles. The number of carboxylic acids is 1. The van der Waals surface area contributed by atoms with Gasteiger partial charge in [0.25, 0.3) is 0 Å². The third-order valence-corrected chi connectivity index (χ3v) is 6.78. The fourth-order valence-electron chi connectivity index (χ4n) is 3.29. The molecule has 1 N–H and O–H groups in total. The SMILES string of the molecule is Cc1nn(-c2ccccc2)c(C)c1S(=O)(=O)N1CCC(C(=O)O)CC1. The number of nitrogens with zero attached hydrogens (tertiary/aromatic N) is 3. The van der Waals surface area contributed by atoms with Gasteiger partial charge in [0, 0.05) is 13.1 Å². The summed E-state index contributed by atoms with van der Waals surface area (Å²) in [7, 11) is -3.70. The van der Waals surface area contributed by atoms with Gasteiger partial charge in [0.2, 0.25) is 10.0 Å². The Hall–Kier alpha value is -2.19. The first-order valence-corrected chi connectivity index (χ1v) is 9.61. The molecule has 0 spiro atoms. The van der Waals surface area contributed by atoms with Crippen LogP contribution in [0.15, 0.2) is 35.2 Å². The van der Waals surface area contributed by atoms with Crippen molar-refractivity contribution in [2.75, 3.05) is 13.1 Å². The van der Waals surface area contributed by atoms with E-state index in [2.05, 4.69) is 5.10 Å². The van der Waals surface area contributed by atoms with E-state index in [9.17, 15) is 13.2 Å². The Labute approximate surface area is 146 Å². The lowest BCUT2D eigenvalue weighted by Gasteiger charge is -2.29. The van der Waals surface area contributed by atoms with Gasteiger partial charge >= 0.3 is 5.97 Å². The predicted octanol–water partition coefficient (Wildman–Crippen LogP) is 1.97. The van der Waals surface area contributed by atoms with Gasteiger partial charge in [0.05, 0.1) is 23.0 Å². The van der Waals surface area contributed by atoms with Crippen LogP contribution in [-0.2, 0) is 14.8 Å². The van der Waals surface area contributed by atoms with E-state index in [-0.39, 0.29) is 18.0 Å². The second-order valence-corrected chi connectivity index (χ2v) is 8.14. The molecule has 1 aromatic carbocycles. The zero-order chi connectivity index (χ0) is 18.2. The highest BCUT2D eigenvalue weighted by Gasteiger charge is 2.35. The van der Waals surface area contributed by atoms with E-state index >= 15 is 0 Å². The largest absolute Gasteiger partial charge is 0.481 e. The number of aromatic nitrogens is 2. The molecule has 0 amide bonds. The lowest BCUT2D eigenvalue weighted by Crippen LogP contribution is -2.40. The van der Waals surface area contributed by atoms with Crippen molar-refractivity contribution in [2.45, 2.75) is 31.6 Å². The standard InChI is InChI=1S/C17H21N3O4S/c1-12-16(13(2)20(18-12)15-6-4-3-5-7-15)25(23,24)19-10-8-14(9-11-19)17(21)22/h3-7,14H,8-11H2,1-2H3,(H,21,22). The van der Waals surface area contributed by atoms with Crippen LogP contribution in [0.4, 0.5) is 0 Å². The summed E-state index contributed by atoms with van der Waals surface area (Å²) in [5.74, 6) is -1.33. The molecule has 2 heterocycles. The fourth-order valence-corrected chi connectivity index (χ4v) is 5.12. The first-order chi connectivity index (χ1) is 11.8. The second-order valence-electron chi connectivity index (χ2n) is 6.26. The van der Waals surface area contributed by atoms with Crippen molar-refractivity contribution in [3.63, 3.8) is 0 Å². The minimum atomic E-state index is -3.70. The molecule has 134 valence electrons. The van der Waals surface area contributed by atoms with Crippen LogP contribution in [0.3, 0.4) is 0 Å². The molecule has 1 fully saturated rings. The maximum absolute atomic E-state index is 13.1. The maximum atomic E-state index is 13.1. The molecule has 0 atom stereocenters. The van der Waals surface area contributed by atoms with Gasteiger partial charge in [-0.25, -0.2) is 13.1 Å². The van der Waals surface area contributed by atoms with E-state index in [1.165, 1.54) is 4.31 Å². The van der Waals surface area contributed by atoms with Gasteiger partial charge in [-0.15, -0.1) is 0 Å². The van der Waals surface area contributed by atoms with E-state index < -0.39 is 21.9 Å². The van der Waals surface area contributed by atoms with Crippen LogP contribution in [0.1, 0.15) is 24.2 Å². The average molecular weight is 363 g/mol. The molecule has 7 nitrogen and oxygen atoms in total. The summed E-state index contributed by atoms with van der Waals surface area (Å²) in [5, 5.41) is 13.5. The Balaban J connectivity index is 1.94. The van der Waals surface area contributed by atoms with Crippen LogP contribution in [0.2, 0.25) is 0 Å². The minimum Gasteiger partial charge on any atom is -0.481 e. The van der Waals surface area contributed by atoms with Crippen molar-refractivity contribution in [3.05, 3.63) is 41.7 Å². The van der Waals surface area contributed by atoms with Gasteiger partial charge in [-0.05, 0) is 38.8 Å². The molecule has 8 heteroatoms. The van der Waals surface area contributed by atoms with Crippen LogP contribution < -0.4 is 0 Å². The van der Waals surface area contributed by atoms with Gasteiger partial charge in [0.1, 0.15) is 4.90 Å². The van der Waals surface area contributed by atoms with Crippen LogP contribution in [0, 0.1) is 19.8 Å². The Kier molecular flexibility index (Phi) is 4.66. The van der Waals surface area contributed by atoms with Crippen LogP contribution in [0.25, 0.3) is 5.69 Å². The van der Waals surface area contributed by atoms with Crippen molar-refractivity contribution < 1.29 is 18.3 Å². The first-order valence-electron chi connectivity index (χ1n) is 8.17. The molecular formula is C17H21N3O4S. The van der Waals surface area contributed by atoms with Crippen molar-refractivity contribution >= 4 is 16.0 Å². The van der Waals surface area contributed by atoms with E-state index in [4.69, 9.17) is 5.11 Å². The third-order valence-electron chi connectivity index (χ3n) is 4.63. The van der Waals surface area contributed by atoms with Gasteiger partial charge in [-0.2, -0.15) is 9.40 Å². The zero-order valence-electron chi connectivity index (χ0n) is 14.2. The molecule has 1 aromatic heterocycles. The Bertz CT molecular complexity index is 882. The van der Waals surface area contributed by atoms with Crippen molar-refractivity contribution in [1.82, 2.24) is 14.1 Å². The Morgan fingerprint density at radius 1 is 1.16 bits per heavy atom. The Morgan fingerprint density at radius 2 is 1.76 bits per heavy atom. The van der Waals surface area contributed by atoms with Crippen molar-refractivity contribution in [1.29, 1.82) is 0 Å². The number of carbonyl (C=O) groups is 1. The molecule has 0 unspecified atom stereocenters.